The quantitative estimate of drug-likeness (QED) is 0.451. The lowest BCUT2D eigenvalue weighted by atomic mass is 10.2. The van der Waals surface area contributed by atoms with Crippen LogP contribution in [0, 0.1) is 6.92 Å². The van der Waals surface area contributed by atoms with Gasteiger partial charge in [-0.25, -0.2) is 0 Å². The van der Waals surface area contributed by atoms with Crippen molar-refractivity contribution in [3.8, 4) is 0 Å². The van der Waals surface area contributed by atoms with E-state index in [0.29, 0.717) is 27.5 Å². The Morgan fingerprint density at radius 1 is 1.19 bits per heavy atom. The predicted octanol–water partition coefficient (Wildman–Crippen LogP) is 6.12. The normalized spacial score (nSPS) is 10.6. The van der Waals surface area contributed by atoms with E-state index in [4.69, 9.17) is 35.4 Å². The van der Waals surface area contributed by atoms with Crippen LogP contribution in [0.3, 0.4) is 0 Å². The molecule has 0 saturated heterocycles. The largest absolute Gasteiger partial charge is 0.332 e. The van der Waals surface area contributed by atoms with E-state index in [-0.39, 0.29) is 0 Å². The summed E-state index contributed by atoms with van der Waals surface area (Å²) < 4.78 is 2.58. The van der Waals surface area contributed by atoms with Crippen molar-refractivity contribution in [1.29, 1.82) is 0 Å². The second-order valence-electron chi connectivity index (χ2n) is 5.71. The van der Waals surface area contributed by atoms with Crippen LogP contribution in [-0.4, -0.2) is 14.9 Å². The number of halogens is 3. The van der Waals surface area contributed by atoms with Crippen molar-refractivity contribution in [2.24, 2.45) is 0 Å². The van der Waals surface area contributed by atoms with E-state index in [2.05, 4.69) is 31.7 Å². The lowest BCUT2D eigenvalue weighted by Gasteiger charge is -2.09. The van der Waals surface area contributed by atoms with Gasteiger partial charge in [-0.2, -0.15) is 5.10 Å². The number of aryl methyl sites for hydroxylation is 1. The zero-order chi connectivity index (χ0) is 18.7. The smallest absolute Gasteiger partial charge is 0.176 e. The number of nitrogens with one attached hydrogen (secondary N) is 2. The first-order chi connectivity index (χ1) is 12.4. The molecule has 26 heavy (non-hydrogen) atoms. The molecule has 2 N–H and O–H groups in total. The van der Waals surface area contributed by atoms with Crippen LogP contribution in [0.25, 0.3) is 0 Å². The summed E-state index contributed by atoms with van der Waals surface area (Å²) in [7, 11) is 0. The van der Waals surface area contributed by atoms with Gasteiger partial charge in [0.1, 0.15) is 0 Å². The second-order valence-corrected chi connectivity index (χ2v) is 7.81. The molecule has 0 fully saturated rings. The summed E-state index contributed by atoms with van der Waals surface area (Å²) in [5.74, 6) is 0.625. The molecule has 0 saturated carbocycles. The molecule has 0 aliphatic carbocycles. The molecule has 0 radical (unpaired) electrons. The van der Waals surface area contributed by atoms with Crippen LogP contribution in [0.5, 0.6) is 0 Å². The number of nitrogens with zero attached hydrogens (tertiary/aromatic N) is 2. The van der Waals surface area contributed by atoms with Crippen molar-refractivity contribution in [3.05, 3.63) is 74.3 Å². The van der Waals surface area contributed by atoms with Crippen LogP contribution in [-0.2, 0) is 6.54 Å². The Morgan fingerprint density at radius 3 is 2.73 bits per heavy atom. The summed E-state index contributed by atoms with van der Waals surface area (Å²) >= 11 is 21.0. The molecule has 1 aromatic heterocycles. The third kappa shape index (κ3) is 4.98. The van der Waals surface area contributed by atoms with E-state index >= 15 is 0 Å². The number of hydrogen-bond donors (Lipinski definition) is 2. The zero-order valence-electron chi connectivity index (χ0n) is 13.8. The van der Waals surface area contributed by atoms with Gasteiger partial charge in [-0.15, -0.1) is 0 Å². The van der Waals surface area contributed by atoms with Gasteiger partial charge in [0, 0.05) is 21.9 Å². The molecule has 0 aliphatic rings. The molecule has 0 unspecified atom stereocenters. The summed E-state index contributed by atoms with van der Waals surface area (Å²) in [6, 6.07) is 13.4. The number of anilines is 2. The van der Waals surface area contributed by atoms with Gasteiger partial charge in [0.2, 0.25) is 0 Å². The Morgan fingerprint density at radius 2 is 2.00 bits per heavy atom. The van der Waals surface area contributed by atoms with Gasteiger partial charge in [0.15, 0.2) is 10.9 Å². The van der Waals surface area contributed by atoms with Crippen LogP contribution in [0.15, 0.2) is 53.1 Å². The van der Waals surface area contributed by atoms with E-state index in [9.17, 15) is 0 Å². The van der Waals surface area contributed by atoms with Crippen molar-refractivity contribution < 1.29 is 0 Å². The number of benzene rings is 2. The standard InChI is InChI=1S/C18H15BrCl2N4S/c1-11-3-2-4-14(7-11)22-18(26)23-17-15(19)10-25(24-17)9-12-5-6-13(20)8-16(12)21/h2-8,10H,9H2,1H3,(H2,22,23,24,26). The first-order valence-electron chi connectivity index (χ1n) is 7.72. The third-order valence-corrected chi connectivity index (χ3v) is 4.94. The van der Waals surface area contributed by atoms with Crippen molar-refractivity contribution >= 4 is 68.0 Å². The molecule has 0 spiro atoms. The fraction of sp³-hybridized carbons (Fsp3) is 0.111. The van der Waals surface area contributed by atoms with Crippen molar-refractivity contribution in [3.63, 3.8) is 0 Å². The molecule has 0 bridgehead atoms. The molecular formula is C18H15BrCl2N4S. The van der Waals surface area contributed by atoms with Gasteiger partial charge >= 0.3 is 0 Å². The van der Waals surface area contributed by atoms with Crippen LogP contribution in [0.1, 0.15) is 11.1 Å². The SMILES string of the molecule is Cc1cccc(NC(=S)Nc2nn(Cc3ccc(Cl)cc3Cl)cc2Br)c1. The highest BCUT2D eigenvalue weighted by Gasteiger charge is 2.10. The molecule has 1 heterocycles. The predicted molar refractivity (Wildman–Crippen MR) is 117 cm³/mol. The highest BCUT2D eigenvalue weighted by atomic mass is 79.9. The van der Waals surface area contributed by atoms with Gasteiger partial charge in [-0.1, -0.05) is 41.4 Å². The van der Waals surface area contributed by atoms with E-state index < -0.39 is 0 Å². The molecule has 3 aromatic rings. The van der Waals surface area contributed by atoms with Gasteiger partial charge < -0.3 is 10.6 Å². The average Bonchev–Trinajstić information content (AvgIpc) is 2.89. The van der Waals surface area contributed by atoms with Gasteiger partial charge in [-0.05, 0) is 70.5 Å². The first kappa shape index (κ1) is 19.2. The molecule has 0 amide bonds. The Labute approximate surface area is 175 Å². The Balaban J connectivity index is 1.68. The highest BCUT2D eigenvalue weighted by molar-refractivity contribution is 9.10. The molecule has 134 valence electrons. The minimum atomic E-state index is 0.464. The first-order valence-corrected chi connectivity index (χ1v) is 9.68. The van der Waals surface area contributed by atoms with Crippen LogP contribution in [0.4, 0.5) is 11.5 Å². The van der Waals surface area contributed by atoms with E-state index in [1.165, 1.54) is 0 Å². The minimum absolute atomic E-state index is 0.464. The highest BCUT2D eigenvalue weighted by Crippen LogP contribution is 2.24. The summed E-state index contributed by atoms with van der Waals surface area (Å²) in [5, 5.41) is 12.4. The molecule has 3 rings (SSSR count). The lowest BCUT2D eigenvalue weighted by molar-refractivity contribution is 0.690. The molecule has 0 atom stereocenters. The van der Waals surface area contributed by atoms with E-state index in [1.807, 2.05) is 43.5 Å². The van der Waals surface area contributed by atoms with E-state index in [0.717, 1.165) is 21.3 Å². The lowest BCUT2D eigenvalue weighted by Crippen LogP contribution is -2.19. The van der Waals surface area contributed by atoms with Crippen LogP contribution < -0.4 is 10.6 Å². The zero-order valence-corrected chi connectivity index (χ0v) is 17.7. The van der Waals surface area contributed by atoms with Crippen LogP contribution in [0.2, 0.25) is 10.0 Å². The number of aromatic nitrogens is 2. The molecule has 0 aliphatic heterocycles. The molecule has 2 aromatic carbocycles. The summed E-state index contributed by atoms with van der Waals surface area (Å²) in [5.41, 5.74) is 3.01. The maximum Gasteiger partial charge on any atom is 0.176 e. The minimum Gasteiger partial charge on any atom is -0.332 e. The Kier molecular flexibility index (Phi) is 6.19. The fourth-order valence-corrected chi connectivity index (χ4v) is 3.48. The van der Waals surface area contributed by atoms with Gasteiger partial charge in [-0.3, -0.25) is 4.68 Å². The Hall–Kier alpha value is -1.60. The second kappa shape index (κ2) is 8.39. The maximum absolute atomic E-state index is 6.23. The molecule has 4 nitrogen and oxygen atoms in total. The summed E-state index contributed by atoms with van der Waals surface area (Å²) in [6.07, 6.45) is 1.86. The third-order valence-electron chi connectivity index (χ3n) is 3.57. The number of rotatable bonds is 4. The average molecular weight is 470 g/mol. The van der Waals surface area contributed by atoms with Gasteiger partial charge in [0.25, 0.3) is 0 Å². The Bertz CT molecular complexity index is 958. The summed E-state index contributed by atoms with van der Waals surface area (Å²) in [6.45, 7) is 2.55. The monoisotopic (exact) mass is 468 g/mol. The van der Waals surface area contributed by atoms with E-state index in [1.54, 1.807) is 16.8 Å². The molecule has 8 heteroatoms. The number of thiocarbonyl (C=S) groups is 1. The van der Waals surface area contributed by atoms with Crippen molar-refractivity contribution in [1.82, 2.24) is 9.78 Å². The summed E-state index contributed by atoms with van der Waals surface area (Å²) in [4.78, 5) is 0. The van der Waals surface area contributed by atoms with Crippen molar-refractivity contribution in [2.45, 2.75) is 13.5 Å². The van der Waals surface area contributed by atoms with Gasteiger partial charge in [0.05, 0.1) is 11.0 Å². The van der Waals surface area contributed by atoms with Crippen molar-refractivity contribution in [2.75, 3.05) is 10.6 Å². The number of hydrogen-bond acceptors (Lipinski definition) is 2. The fourth-order valence-electron chi connectivity index (χ4n) is 2.38. The molecular weight excluding hydrogens is 455 g/mol. The maximum atomic E-state index is 6.23. The van der Waals surface area contributed by atoms with Crippen LogP contribution >= 0.6 is 51.3 Å². The topological polar surface area (TPSA) is 41.9 Å².